The van der Waals surface area contributed by atoms with E-state index in [0.717, 1.165) is 25.0 Å². The van der Waals surface area contributed by atoms with Gasteiger partial charge in [-0.05, 0) is 55.4 Å². The normalized spacial score (nSPS) is 29.5. The SMILES string of the molecule is COc1ccc2c(c1)CC(NC1CC(OC)C1)CC2. The van der Waals surface area contributed by atoms with Crippen LogP contribution in [0, 0.1) is 0 Å². The van der Waals surface area contributed by atoms with Gasteiger partial charge < -0.3 is 14.8 Å². The molecule has 1 saturated carbocycles. The summed E-state index contributed by atoms with van der Waals surface area (Å²) in [5.74, 6) is 0.975. The molecule has 1 N–H and O–H groups in total. The maximum atomic E-state index is 5.34. The van der Waals surface area contributed by atoms with Crippen molar-refractivity contribution in [2.24, 2.45) is 0 Å². The molecule has 0 aromatic heterocycles. The van der Waals surface area contributed by atoms with Crippen LogP contribution >= 0.6 is 0 Å². The standard InChI is InChI=1S/C16H23NO2/c1-18-15-6-4-11-3-5-13(7-12(11)8-15)17-14-9-16(10-14)19-2/h4,6,8,13-14,16-17H,3,5,7,9-10H2,1-2H3. The lowest BCUT2D eigenvalue weighted by molar-refractivity contribution is 0.0137. The van der Waals surface area contributed by atoms with E-state index >= 15 is 0 Å². The van der Waals surface area contributed by atoms with E-state index in [9.17, 15) is 0 Å². The van der Waals surface area contributed by atoms with Gasteiger partial charge in [0.15, 0.2) is 0 Å². The van der Waals surface area contributed by atoms with Gasteiger partial charge in [-0.3, -0.25) is 0 Å². The fraction of sp³-hybridized carbons (Fsp3) is 0.625. The van der Waals surface area contributed by atoms with Crippen molar-refractivity contribution >= 4 is 0 Å². The van der Waals surface area contributed by atoms with Gasteiger partial charge in [-0.1, -0.05) is 6.07 Å². The van der Waals surface area contributed by atoms with Gasteiger partial charge in [-0.25, -0.2) is 0 Å². The molecule has 2 aliphatic carbocycles. The molecule has 0 spiro atoms. The number of methoxy groups -OCH3 is 2. The molecule has 0 saturated heterocycles. The van der Waals surface area contributed by atoms with Crippen LogP contribution < -0.4 is 10.1 Å². The second-order valence-corrected chi connectivity index (χ2v) is 5.77. The second-order valence-electron chi connectivity index (χ2n) is 5.77. The van der Waals surface area contributed by atoms with Crippen LogP contribution in [0.5, 0.6) is 5.75 Å². The first-order chi connectivity index (χ1) is 9.28. The summed E-state index contributed by atoms with van der Waals surface area (Å²) in [5.41, 5.74) is 2.94. The zero-order valence-electron chi connectivity index (χ0n) is 11.8. The molecule has 1 atom stereocenters. The van der Waals surface area contributed by atoms with Crippen LogP contribution in [0.4, 0.5) is 0 Å². The predicted molar refractivity (Wildman–Crippen MR) is 75.8 cm³/mol. The lowest BCUT2D eigenvalue weighted by Crippen LogP contribution is -2.50. The molecule has 0 amide bonds. The Morgan fingerprint density at radius 3 is 2.68 bits per heavy atom. The van der Waals surface area contributed by atoms with Crippen LogP contribution in [0.15, 0.2) is 18.2 Å². The number of hydrogen-bond acceptors (Lipinski definition) is 3. The number of hydrogen-bond donors (Lipinski definition) is 1. The van der Waals surface area contributed by atoms with Crippen molar-refractivity contribution in [1.82, 2.24) is 5.32 Å². The number of nitrogens with one attached hydrogen (secondary N) is 1. The van der Waals surface area contributed by atoms with Gasteiger partial charge in [0.25, 0.3) is 0 Å². The van der Waals surface area contributed by atoms with Gasteiger partial charge in [-0.2, -0.15) is 0 Å². The molecule has 1 unspecified atom stereocenters. The van der Waals surface area contributed by atoms with Crippen LogP contribution in [-0.2, 0) is 17.6 Å². The van der Waals surface area contributed by atoms with E-state index in [1.807, 2.05) is 7.11 Å². The monoisotopic (exact) mass is 261 g/mol. The average Bonchev–Trinajstić information content (AvgIpc) is 2.41. The van der Waals surface area contributed by atoms with Gasteiger partial charge in [0.2, 0.25) is 0 Å². The van der Waals surface area contributed by atoms with E-state index < -0.39 is 0 Å². The molecule has 1 aromatic rings. The molecular formula is C16H23NO2. The number of benzene rings is 1. The summed E-state index contributed by atoms with van der Waals surface area (Å²) >= 11 is 0. The molecule has 2 aliphatic rings. The Bertz CT molecular complexity index is 440. The fourth-order valence-electron chi connectivity index (χ4n) is 3.23. The highest BCUT2D eigenvalue weighted by atomic mass is 16.5. The Labute approximate surface area is 115 Å². The topological polar surface area (TPSA) is 30.5 Å². The summed E-state index contributed by atoms with van der Waals surface area (Å²) in [6, 6.07) is 7.75. The molecule has 3 rings (SSSR count). The third kappa shape index (κ3) is 2.77. The van der Waals surface area contributed by atoms with E-state index in [1.165, 1.54) is 24.0 Å². The Kier molecular flexibility index (Phi) is 3.76. The van der Waals surface area contributed by atoms with Crippen molar-refractivity contribution in [2.45, 2.75) is 50.3 Å². The number of ether oxygens (including phenoxy) is 2. The second kappa shape index (κ2) is 5.51. The molecule has 0 heterocycles. The molecular weight excluding hydrogens is 238 g/mol. The van der Waals surface area contributed by atoms with E-state index in [-0.39, 0.29) is 0 Å². The predicted octanol–water partition coefficient (Wildman–Crippen LogP) is 2.32. The van der Waals surface area contributed by atoms with Gasteiger partial charge in [0.05, 0.1) is 13.2 Å². The van der Waals surface area contributed by atoms with Crippen molar-refractivity contribution in [3.63, 3.8) is 0 Å². The Morgan fingerprint density at radius 2 is 1.95 bits per heavy atom. The van der Waals surface area contributed by atoms with Gasteiger partial charge >= 0.3 is 0 Å². The summed E-state index contributed by atoms with van der Waals surface area (Å²) in [6.45, 7) is 0. The zero-order chi connectivity index (χ0) is 13.2. The molecule has 0 radical (unpaired) electrons. The van der Waals surface area contributed by atoms with Crippen LogP contribution in [0.1, 0.15) is 30.4 Å². The van der Waals surface area contributed by atoms with Crippen molar-refractivity contribution in [1.29, 1.82) is 0 Å². The fourth-order valence-corrected chi connectivity index (χ4v) is 3.23. The number of rotatable bonds is 4. The van der Waals surface area contributed by atoms with E-state index in [0.29, 0.717) is 18.2 Å². The zero-order valence-corrected chi connectivity index (χ0v) is 11.8. The first kappa shape index (κ1) is 12.9. The Morgan fingerprint density at radius 1 is 1.11 bits per heavy atom. The highest BCUT2D eigenvalue weighted by Gasteiger charge is 2.31. The maximum absolute atomic E-state index is 5.34. The molecule has 0 bridgehead atoms. The molecule has 1 aromatic carbocycles. The van der Waals surface area contributed by atoms with Gasteiger partial charge in [0, 0.05) is 19.2 Å². The van der Waals surface area contributed by atoms with Crippen molar-refractivity contribution < 1.29 is 9.47 Å². The quantitative estimate of drug-likeness (QED) is 0.902. The average molecular weight is 261 g/mol. The van der Waals surface area contributed by atoms with Crippen LogP contribution in [0.2, 0.25) is 0 Å². The molecule has 19 heavy (non-hydrogen) atoms. The van der Waals surface area contributed by atoms with Crippen LogP contribution in [0.3, 0.4) is 0 Å². The lowest BCUT2D eigenvalue weighted by Gasteiger charge is -2.38. The van der Waals surface area contributed by atoms with E-state index in [4.69, 9.17) is 9.47 Å². The Hall–Kier alpha value is -1.06. The summed E-state index contributed by atoms with van der Waals surface area (Å²) in [6.07, 6.45) is 6.36. The van der Waals surface area contributed by atoms with Gasteiger partial charge in [0.1, 0.15) is 5.75 Å². The molecule has 1 fully saturated rings. The summed E-state index contributed by atoms with van der Waals surface area (Å²) in [7, 11) is 3.55. The van der Waals surface area contributed by atoms with Crippen LogP contribution in [-0.4, -0.2) is 32.4 Å². The number of aryl methyl sites for hydroxylation is 1. The molecule has 0 aliphatic heterocycles. The third-order valence-corrected chi connectivity index (χ3v) is 4.54. The van der Waals surface area contributed by atoms with E-state index in [2.05, 4.69) is 23.5 Å². The van der Waals surface area contributed by atoms with Crippen LogP contribution in [0.25, 0.3) is 0 Å². The minimum absolute atomic E-state index is 0.480. The van der Waals surface area contributed by atoms with Crippen molar-refractivity contribution in [2.75, 3.05) is 14.2 Å². The van der Waals surface area contributed by atoms with E-state index in [1.54, 1.807) is 7.11 Å². The first-order valence-corrected chi connectivity index (χ1v) is 7.23. The van der Waals surface area contributed by atoms with Crippen molar-refractivity contribution in [3.8, 4) is 5.75 Å². The highest BCUT2D eigenvalue weighted by Crippen LogP contribution is 2.28. The van der Waals surface area contributed by atoms with Crippen molar-refractivity contribution in [3.05, 3.63) is 29.3 Å². The minimum atomic E-state index is 0.480. The highest BCUT2D eigenvalue weighted by molar-refractivity contribution is 5.37. The first-order valence-electron chi connectivity index (χ1n) is 7.23. The smallest absolute Gasteiger partial charge is 0.119 e. The maximum Gasteiger partial charge on any atom is 0.119 e. The summed E-state index contributed by atoms with van der Waals surface area (Å²) < 4.78 is 10.7. The molecule has 3 nitrogen and oxygen atoms in total. The van der Waals surface area contributed by atoms with Gasteiger partial charge in [-0.15, -0.1) is 0 Å². The summed E-state index contributed by atoms with van der Waals surface area (Å²) in [4.78, 5) is 0. The molecule has 3 heteroatoms. The lowest BCUT2D eigenvalue weighted by atomic mass is 9.84. The largest absolute Gasteiger partial charge is 0.497 e. The molecule has 104 valence electrons. The third-order valence-electron chi connectivity index (χ3n) is 4.54. The Balaban J connectivity index is 1.59. The minimum Gasteiger partial charge on any atom is -0.497 e. The number of fused-ring (bicyclic) bond motifs is 1. The summed E-state index contributed by atoms with van der Waals surface area (Å²) in [5, 5.41) is 3.78.